The van der Waals surface area contributed by atoms with Gasteiger partial charge in [-0.15, -0.1) is 11.3 Å². The van der Waals surface area contributed by atoms with Crippen LogP contribution in [0.2, 0.25) is 0 Å². The van der Waals surface area contributed by atoms with Gasteiger partial charge in [0.2, 0.25) is 0 Å². The SMILES string of the molecule is C1=CC(c2ccc(Nc3ccc(-c4ccc5c(c4)sc4ccccc45)cc3)c(-c3ccccc3-c3cccc(-c4ccccc4)c3)c2)=CCC1. The molecule has 1 nitrogen and oxygen atoms in total. The molecule has 7 aromatic carbocycles. The first-order valence-electron chi connectivity index (χ1n) is 17.3. The Bertz CT molecular complexity index is 2550. The van der Waals surface area contributed by atoms with E-state index in [1.807, 2.05) is 11.3 Å². The van der Waals surface area contributed by atoms with E-state index >= 15 is 0 Å². The van der Waals surface area contributed by atoms with E-state index in [9.17, 15) is 0 Å². The van der Waals surface area contributed by atoms with Crippen LogP contribution in [-0.4, -0.2) is 0 Å². The Balaban J connectivity index is 1.09. The Hall–Kier alpha value is -5.96. The summed E-state index contributed by atoms with van der Waals surface area (Å²) in [5, 5.41) is 6.47. The Morgan fingerprint density at radius 3 is 1.96 bits per heavy atom. The van der Waals surface area contributed by atoms with Gasteiger partial charge in [0.25, 0.3) is 0 Å². The van der Waals surface area contributed by atoms with Crippen molar-refractivity contribution < 1.29 is 0 Å². The lowest BCUT2D eigenvalue weighted by Gasteiger charge is -2.19. The zero-order chi connectivity index (χ0) is 33.3. The topological polar surface area (TPSA) is 12.0 Å². The first kappa shape index (κ1) is 30.1. The maximum atomic E-state index is 3.81. The molecular formula is C48H35NS. The predicted octanol–water partition coefficient (Wildman–Crippen LogP) is 14.2. The first-order valence-corrected chi connectivity index (χ1v) is 18.1. The summed E-state index contributed by atoms with van der Waals surface area (Å²) in [4.78, 5) is 0. The molecule has 1 aromatic heterocycles. The second kappa shape index (κ2) is 13.2. The summed E-state index contributed by atoms with van der Waals surface area (Å²) in [6, 6.07) is 59.6. The van der Waals surface area contributed by atoms with E-state index in [0.717, 1.165) is 24.2 Å². The molecule has 0 unspecified atom stereocenters. The van der Waals surface area contributed by atoms with Crippen molar-refractivity contribution in [2.24, 2.45) is 0 Å². The van der Waals surface area contributed by atoms with Gasteiger partial charge in [0, 0.05) is 37.1 Å². The summed E-state index contributed by atoms with van der Waals surface area (Å²) in [5.74, 6) is 0. The molecule has 0 saturated carbocycles. The molecule has 0 saturated heterocycles. The maximum absolute atomic E-state index is 3.81. The van der Waals surface area contributed by atoms with Gasteiger partial charge in [0.15, 0.2) is 0 Å². The summed E-state index contributed by atoms with van der Waals surface area (Å²) in [6.45, 7) is 0. The minimum absolute atomic E-state index is 1.06. The van der Waals surface area contributed by atoms with Gasteiger partial charge in [0.05, 0.1) is 0 Å². The Morgan fingerprint density at radius 1 is 0.420 bits per heavy atom. The summed E-state index contributed by atoms with van der Waals surface area (Å²) in [5.41, 5.74) is 14.4. The number of rotatable bonds is 7. The highest BCUT2D eigenvalue weighted by Gasteiger charge is 2.15. The fourth-order valence-electron chi connectivity index (χ4n) is 7.16. The highest BCUT2D eigenvalue weighted by Crippen LogP contribution is 2.41. The van der Waals surface area contributed by atoms with Crippen LogP contribution in [0.15, 0.2) is 182 Å². The van der Waals surface area contributed by atoms with Crippen LogP contribution in [0.3, 0.4) is 0 Å². The lowest BCUT2D eigenvalue weighted by molar-refractivity contribution is 1.04. The molecule has 0 radical (unpaired) electrons. The van der Waals surface area contributed by atoms with E-state index in [1.54, 1.807) is 0 Å². The van der Waals surface area contributed by atoms with Gasteiger partial charge in [-0.05, 0) is 105 Å². The minimum Gasteiger partial charge on any atom is -0.355 e. The number of thiophene rings is 1. The highest BCUT2D eigenvalue weighted by molar-refractivity contribution is 7.25. The number of hydrogen-bond donors (Lipinski definition) is 1. The normalized spacial score (nSPS) is 12.7. The lowest BCUT2D eigenvalue weighted by atomic mass is 9.89. The van der Waals surface area contributed by atoms with E-state index in [4.69, 9.17) is 0 Å². The lowest BCUT2D eigenvalue weighted by Crippen LogP contribution is -1.97. The van der Waals surface area contributed by atoms with E-state index in [2.05, 4.69) is 187 Å². The first-order chi connectivity index (χ1) is 24.8. The van der Waals surface area contributed by atoms with Crippen molar-refractivity contribution >= 4 is 48.5 Å². The number of nitrogens with one attached hydrogen (secondary N) is 1. The minimum atomic E-state index is 1.06. The van der Waals surface area contributed by atoms with Crippen LogP contribution in [0, 0.1) is 0 Å². The van der Waals surface area contributed by atoms with Crippen molar-refractivity contribution in [2.75, 3.05) is 5.32 Å². The molecule has 0 aliphatic heterocycles. The largest absolute Gasteiger partial charge is 0.355 e. The third-order valence-corrected chi connectivity index (χ3v) is 10.9. The van der Waals surface area contributed by atoms with Gasteiger partial charge in [-0.1, -0.05) is 140 Å². The maximum Gasteiger partial charge on any atom is 0.0464 e. The molecule has 9 rings (SSSR count). The Labute approximate surface area is 297 Å². The standard InChI is InChI=1S/C48H35NS/c1-3-12-33(13-4-1)36-16-11-17-39(30-36)41-18-7-8-19-42(41)45-31-37(34-14-5-2-6-15-34)25-29-46(45)49-40-26-22-35(23-27-40)38-24-28-44-43-20-9-10-21-47(43)50-48(44)32-38/h1,3-5,7-32,49H,2,6H2. The monoisotopic (exact) mass is 657 g/mol. The van der Waals surface area contributed by atoms with E-state index in [1.165, 1.54) is 75.8 Å². The van der Waals surface area contributed by atoms with Crippen LogP contribution in [0.4, 0.5) is 11.4 Å². The van der Waals surface area contributed by atoms with E-state index in [-0.39, 0.29) is 0 Å². The van der Waals surface area contributed by atoms with E-state index in [0.29, 0.717) is 0 Å². The molecule has 0 spiro atoms. The smallest absolute Gasteiger partial charge is 0.0464 e. The molecule has 1 aliphatic carbocycles. The molecule has 8 aromatic rings. The molecular weight excluding hydrogens is 623 g/mol. The summed E-state index contributed by atoms with van der Waals surface area (Å²) >= 11 is 1.86. The predicted molar refractivity (Wildman–Crippen MR) is 217 cm³/mol. The number of benzene rings is 7. The molecule has 50 heavy (non-hydrogen) atoms. The molecule has 2 heteroatoms. The van der Waals surface area contributed by atoms with Gasteiger partial charge in [0.1, 0.15) is 0 Å². The quantitative estimate of drug-likeness (QED) is 0.180. The van der Waals surface area contributed by atoms with Crippen molar-refractivity contribution in [2.45, 2.75) is 12.8 Å². The van der Waals surface area contributed by atoms with Gasteiger partial charge in [-0.25, -0.2) is 0 Å². The van der Waals surface area contributed by atoms with Crippen LogP contribution in [0.25, 0.3) is 70.3 Å². The van der Waals surface area contributed by atoms with Crippen molar-refractivity contribution in [1.29, 1.82) is 0 Å². The van der Waals surface area contributed by atoms with Crippen LogP contribution in [0.1, 0.15) is 18.4 Å². The molecule has 0 amide bonds. The summed E-state index contributed by atoms with van der Waals surface area (Å²) in [6.07, 6.45) is 9.08. The van der Waals surface area contributed by atoms with Crippen LogP contribution < -0.4 is 5.32 Å². The second-order valence-electron chi connectivity index (χ2n) is 12.9. The van der Waals surface area contributed by atoms with Crippen LogP contribution >= 0.6 is 11.3 Å². The van der Waals surface area contributed by atoms with Crippen LogP contribution in [0.5, 0.6) is 0 Å². The van der Waals surface area contributed by atoms with Gasteiger partial charge >= 0.3 is 0 Å². The molecule has 1 aliphatic rings. The molecule has 0 fully saturated rings. The molecule has 0 bridgehead atoms. The highest BCUT2D eigenvalue weighted by atomic mass is 32.1. The fraction of sp³-hybridized carbons (Fsp3) is 0.0417. The van der Waals surface area contributed by atoms with Crippen molar-refractivity contribution in [1.82, 2.24) is 0 Å². The third kappa shape index (κ3) is 5.85. The van der Waals surface area contributed by atoms with E-state index < -0.39 is 0 Å². The number of anilines is 2. The summed E-state index contributed by atoms with van der Waals surface area (Å²) < 4.78 is 2.66. The molecule has 0 atom stereocenters. The Kier molecular flexibility index (Phi) is 7.93. The van der Waals surface area contributed by atoms with Crippen molar-refractivity contribution in [3.8, 4) is 44.5 Å². The number of allylic oxidation sites excluding steroid dienone is 4. The molecule has 1 heterocycles. The summed E-state index contributed by atoms with van der Waals surface area (Å²) in [7, 11) is 0. The number of hydrogen-bond acceptors (Lipinski definition) is 2. The van der Waals surface area contributed by atoms with Gasteiger partial charge in [-0.3, -0.25) is 0 Å². The van der Waals surface area contributed by atoms with Crippen molar-refractivity contribution in [3.63, 3.8) is 0 Å². The second-order valence-corrected chi connectivity index (χ2v) is 14.0. The van der Waals surface area contributed by atoms with Gasteiger partial charge in [-0.2, -0.15) is 0 Å². The molecule has 1 N–H and O–H groups in total. The van der Waals surface area contributed by atoms with Crippen molar-refractivity contribution in [3.05, 3.63) is 188 Å². The fourth-order valence-corrected chi connectivity index (χ4v) is 8.30. The average Bonchev–Trinajstić information content (AvgIpc) is 3.57. The zero-order valence-electron chi connectivity index (χ0n) is 27.6. The zero-order valence-corrected chi connectivity index (χ0v) is 28.5. The molecule has 238 valence electrons. The average molecular weight is 658 g/mol. The third-order valence-electron chi connectivity index (χ3n) is 9.72. The van der Waals surface area contributed by atoms with Gasteiger partial charge < -0.3 is 5.32 Å². The number of fused-ring (bicyclic) bond motifs is 3. The van der Waals surface area contributed by atoms with Crippen LogP contribution in [-0.2, 0) is 0 Å². The Morgan fingerprint density at radius 2 is 1.10 bits per heavy atom.